The number of hydrogen-bond acceptors (Lipinski definition) is 1. The van der Waals surface area contributed by atoms with Crippen LogP contribution in [0.1, 0.15) is 27.2 Å². The molecule has 0 atom stereocenters. The topological polar surface area (TPSA) is 29.1 Å². The van der Waals surface area contributed by atoms with Crippen molar-refractivity contribution in [3.63, 3.8) is 0 Å². The molecule has 1 amide bonds. The maximum absolute atomic E-state index is 9.73. The lowest BCUT2D eigenvalue weighted by Crippen LogP contribution is -2.27. The van der Waals surface area contributed by atoms with Gasteiger partial charge in [0, 0.05) is 6.54 Å². The maximum Gasteiger partial charge on any atom is 0.309 e. The van der Waals surface area contributed by atoms with Gasteiger partial charge in [0.25, 0.3) is 0 Å². The quantitative estimate of drug-likeness (QED) is 0.564. The van der Waals surface area contributed by atoms with E-state index >= 15 is 0 Å². The van der Waals surface area contributed by atoms with Gasteiger partial charge in [0.05, 0.1) is 0 Å². The van der Waals surface area contributed by atoms with Crippen LogP contribution in [-0.2, 0) is 4.79 Å². The molecule has 0 saturated heterocycles. The third-order valence-electron chi connectivity index (χ3n) is 1.60. The molecule has 0 unspecified atom stereocenters. The molecule has 0 aliphatic rings. The van der Waals surface area contributed by atoms with E-state index < -0.39 is 0 Å². The molecule has 0 fully saturated rings. The summed E-state index contributed by atoms with van der Waals surface area (Å²) in [5.74, 6) is 0. The standard InChI is InChI=1S/C7H14NO/c1-4-7(2,3)5-8-6-9/h4-5H2,1-3H3,(H,8,9). The first-order valence-corrected chi connectivity index (χ1v) is 3.22. The summed E-state index contributed by atoms with van der Waals surface area (Å²) in [5.41, 5.74) is 0.220. The van der Waals surface area contributed by atoms with E-state index in [9.17, 15) is 4.79 Å². The van der Waals surface area contributed by atoms with E-state index in [4.69, 9.17) is 0 Å². The average molecular weight is 128 g/mol. The summed E-state index contributed by atoms with van der Waals surface area (Å²) >= 11 is 0. The number of rotatable bonds is 4. The Bertz CT molecular complexity index is 88.9. The molecule has 0 spiro atoms. The minimum Gasteiger partial charge on any atom is -0.347 e. The number of carbonyl (C=O) groups excluding carboxylic acids is 1. The number of nitrogens with one attached hydrogen (secondary N) is 1. The number of amides is 1. The SMILES string of the molecule is CCC(C)(C)CN[C]=O. The zero-order chi connectivity index (χ0) is 7.33. The first-order chi connectivity index (χ1) is 4.12. The lowest BCUT2D eigenvalue weighted by Gasteiger charge is -2.20. The zero-order valence-electron chi connectivity index (χ0n) is 6.32. The van der Waals surface area contributed by atoms with Crippen molar-refractivity contribution in [2.75, 3.05) is 6.54 Å². The van der Waals surface area contributed by atoms with Crippen molar-refractivity contribution < 1.29 is 4.79 Å². The number of hydrogen-bond donors (Lipinski definition) is 1. The van der Waals surface area contributed by atoms with Crippen LogP contribution in [0.5, 0.6) is 0 Å². The van der Waals surface area contributed by atoms with Crippen molar-refractivity contribution in [3.8, 4) is 0 Å². The van der Waals surface area contributed by atoms with Crippen LogP contribution in [0.2, 0.25) is 0 Å². The third kappa shape index (κ3) is 4.01. The Balaban J connectivity index is 3.44. The Morgan fingerprint density at radius 2 is 2.11 bits per heavy atom. The highest BCUT2D eigenvalue weighted by Gasteiger charge is 2.13. The molecule has 1 radical (unpaired) electrons. The summed E-state index contributed by atoms with van der Waals surface area (Å²) in [6, 6.07) is 0. The second kappa shape index (κ2) is 3.49. The van der Waals surface area contributed by atoms with Gasteiger partial charge >= 0.3 is 6.41 Å². The van der Waals surface area contributed by atoms with Crippen molar-refractivity contribution in [3.05, 3.63) is 0 Å². The lowest BCUT2D eigenvalue weighted by molar-refractivity contribution is 0.346. The van der Waals surface area contributed by atoms with Crippen LogP contribution in [0.15, 0.2) is 0 Å². The fourth-order valence-corrected chi connectivity index (χ4v) is 0.400. The summed E-state index contributed by atoms with van der Waals surface area (Å²) in [5, 5.41) is 2.53. The summed E-state index contributed by atoms with van der Waals surface area (Å²) < 4.78 is 0. The van der Waals surface area contributed by atoms with Gasteiger partial charge in [0.15, 0.2) is 0 Å². The minimum atomic E-state index is 0.220. The normalized spacial score (nSPS) is 11.0. The van der Waals surface area contributed by atoms with E-state index in [0.717, 1.165) is 6.42 Å². The van der Waals surface area contributed by atoms with Gasteiger partial charge < -0.3 is 5.32 Å². The first kappa shape index (κ1) is 8.47. The van der Waals surface area contributed by atoms with Crippen LogP contribution in [0.4, 0.5) is 0 Å². The Morgan fingerprint density at radius 3 is 2.44 bits per heavy atom. The van der Waals surface area contributed by atoms with Crippen molar-refractivity contribution in [1.29, 1.82) is 0 Å². The predicted octanol–water partition coefficient (Wildman–Crippen LogP) is 1.08. The van der Waals surface area contributed by atoms with Crippen molar-refractivity contribution in [1.82, 2.24) is 5.32 Å². The van der Waals surface area contributed by atoms with Crippen molar-refractivity contribution >= 4 is 6.41 Å². The van der Waals surface area contributed by atoms with E-state index in [1.54, 1.807) is 6.41 Å². The Morgan fingerprint density at radius 1 is 1.56 bits per heavy atom. The molecule has 0 bridgehead atoms. The van der Waals surface area contributed by atoms with Gasteiger partial charge in [-0.15, -0.1) is 0 Å². The fraction of sp³-hybridized carbons (Fsp3) is 0.857. The molecule has 0 aromatic carbocycles. The molecule has 0 aliphatic carbocycles. The maximum atomic E-state index is 9.73. The van der Waals surface area contributed by atoms with Crippen molar-refractivity contribution in [2.45, 2.75) is 27.2 Å². The summed E-state index contributed by atoms with van der Waals surface area (Å²) in [6.45, 7) is 7.04. The molecule has 0 heterocycles. The fourth-order valence-electron chi connectivity index (χ4n) is 0.400. The molecule has 53 valence electrons. The van der Waals surface area contributed by atoms with Crippen LogP contribution >= 0.6 is 0 Å². The molecular formula is C7H14NO. The first-order valence-electron chi connectivity index (χ1n) is 3.22. The van der Waals surface area contributed by atoms with Gasteiger partial charge in [0.1, 0.15) is 0 Å². The van der Waals surface area contributed by atoms with E-state index in [0.29, 0.717) is 6.54 Å². The summed E-state index contributed by atoms with van der Waals surface area (Å²) in [7, 11) is 0. The zero-order valence-corrected chi connectivity index (χ0v) is 6.32. The smallest absolute Gasteiger partial charge is 0.309 e. The van der Waals surface area contributed by atoms with Gasteiger partial charge in [-0.3, -0.25) is 4.79 Å². The highest BCUT2D eigenvalue weighted by Crippen LogP contribution is 2.16. The minimum absolute atomic E-state index is 0.220. The molecule has 0 saturated carbocycles. The average Bonchev–Trinajstić information content (AvgIpc) is 1.84. The van der Waals surface area contributed by atoms with E-state index in [-0.39, 0.29) is 5.41 Å². The highest BCUT2D eigenvalue weighted by atomic mass is 16.1. The molecule has 2 heteroatoms. The van der Waals surface area contributed by atoms with Crippen LogP contribution in [0, 0.1) is 5.41 Å². The van der Waals surface area contributed by atoms with Crippen molar-refractivity contribution in [2.24, 2.45) is 5.41 Å². The van der Waals surface area contributed by atoms with E-state index in [1.165, 1.54) is 0 Å². The second-order valence-electron chi connectivity index (χ2n) is 2.97. The highest BCUT2D eigenvalue weighted by molar-refractivity contribution is 5.46. The third-order valence-corrected chi connectivity index (χ3v) is 1.60. The monoisotopic (exact) mass is 128 g/mol. The van der Waals surface area contributed by atoms with Gasteiger partial charge in [-0.05, 0) is 11.8 Å². The van der Waals surface area contributed by atoms with Crippen LogP contribution in [0.3, 0.4) is 0 Å². The molecule has 0 rings (SSSR count). The van der Waals surface area contributed by atoms with Crippen LogP contribution < -0.4 is 5.32 Å². The molecule has 0 aromatic rings. The van der Waals surface area contributed by atoms with E-state index in [2.05, 4.69) is 26.1 Å². The summed E-state index contributed by atoms with van der Waals surface area (Å²) in [6.07, 6.45) is 2.73. The lowest BCUT2D eigenvalue weighted by atomic mass is 9.90. The molecular weight excluding hydrogens is 114 g/mol. The molecule has 0 aliphatic heterocycles. The predicted molar refractivity (Wildman–Crippen MR) is 37.8 cm³/mol. The second-order valence-corrected chi connectivity index (χ2v) is 2.97. The van der Waals surface area contributed by atoms with Gasteiger partial charge in [-0.2, -0.15) is 0 Å². The van der Waals surface area contributed by atoms with Crippen LogP contribution in [-0.4, -0.2) is 13.0 Å². The Hall–Kier alpha value is -0.530. The Labute approximate surface area is 56.6 Å². The van der Waals surface area contributed by atoms with Crippen LogP contribution in [0.25, 0.3) is 0 Å². The Kier molecular flexibility index (Phi) is 3.28. The molecule has 9 heavy (non-hydrogen) atoms. The molecule has 2 nitrogen and oxygen atoms in total. The molecule has 1 N–H and O–H groups in total. The van der Waals surface area contributed by atoms with Gasteiger partial charge in [0.2, 0.25) is 0 Å². The van der Waals surface area contributed by atoms with Gasteiger partial charge in [-0.1, -0.05) is 20.8 Å². The summed E-state index contributed by atoms with van der Waals surface area (Å²) in [4.78, 5) is 9.73. The van der Waals surface area contributed by atoms with E-state index in [1.807, 2.05) is 0 Å². The van der Waals surface area contributed by atoms with Gasteiger partial charge in [-0.25, -0.2) is 0 Å². The molecule has 0 aromatic heterocycles. The largest absolute Gasteiger partial charge is 0.347 e.